The highest BCUT2D eigenvalue weighted by molar-refractivity contribution is 8.00. The molecule has 0 aliphatic carbocycles. The Kier molecular flexibility index (Phi) is 6.04. The predicted molar refractivity (Wildman–Crippen MR) is 117 cm³/mol. The number of anilines is 1. The lowest BCUT2D eigenvalue weighted by Gasteiger charge is -2.50. The molecule has 4 rings (SSSR count). The number of rotatable bonds is 5. The minimum atomic E-state index is -0.450. The molecule has 0 saturated carbocycles. The Bertz CT molecular complexity index is 850. The summed E-state index contributed by atoms with van der Waals surface area (Å²) >= 11 is 1.46. The third-order valence-corrected chi connectivity index (χ3v) is 7.38. The van der Waals surface area contributed by atoms with Crippen LogP contribution in [0.15, 0.2) is 24.3 Å². The average Bonchev–Trinajstić information content (AvgIpc) is 3.18. The first-order chi connectivity index (χ1) is 14.4. The van der Waals surface area contributed by atoms with Gasteiger partial charge in [0.1, 0.15) is 0 Å². The molecule has 1 aromatic carbocycles. The fourth-order valence-electron chi connectivity index (χ4n) is 4.56. The van der Waals surface area contributed by atoms with Crippen LogP contribution < -0.4 is 15.5 Å². The summed E-state index contributed by atoms with van der Waals surface area (Å²) in [4.78, 5) is 43.0. The van der Waals surface area contributed by atoms with Crippen molar-refractivity contribution in [2.24, 2.45) is 5.92 Å². The summed E-state index contributed by atoms with van der Waals surface area (Å²) < 4.78 is 0. The maximum absolute atomic E-state index is 13.0. The number of fused-ring (bicyclic) bond motifs is 2. The van der Waals surface area contributed by atoms with Crippen LogP contribution >= 0.6 is 11.8 Å². The van der Waals surface area contributed by atoms with E-state index in [0.717, 1.165) is 24.9 Å². The number of hydrogen-bond acceptors (Lipinski definition) is 6. The van der Waals surface area contributed by atoms with Crippen molar-refractivity contribution in [3.63, 3.8) is 0 Å². The number of imide groups is 1. The van der Waals surface area contributed by atoms with Crippen LogP contribution in [0.3, 0.4) is 0 Å². The minimum Gasteiger partial charge on any atom is -0.311 e. The lowest BCUT2D eigenvalue weighted by molar-refractivity contribution is -0.140. The number of amides is 4. The van der Waals surface area contributed by atoms with Crippen molar-refractivity contribution in [1.29, 1.82) is 0 Å². The molecular formula is C21H29N5O3S. The highest BCUT2D eigenvalue weighted by Gasteiger charge is 2.50. The molecule has 2 saturated heterocycles. The monoisotopic (exact) mass is 431 g/mol. The molecule has 4 unspecified atom stereocenters. The Morgan fingerprint density at radius 1 is 1.20 bits per heavy atom. The first-order valence-electron chi connectivity index (χ1n) is 10.5. The van der Waals surface area contributed by atoms with Crippen LogP contribution in [0.4, 0.5) is 10.5 Å². The molecule has 2 fully saturated rings. The van der Waals surface area contributed by atoms with Gasteiger partial charge in [0.25, 0.3) is 0 Å². The van der Waals surface area contributed by atoms with Crippen molar-refractivity contribution in [3.8, 4) is 0 Å². The number of carbonyl (C=O) groups excluding carboxylic acids is 3. The van der Waals surface area contributed by atoms with Gasteiger partial charge in [-0.15, -0.1) is 11.8 Å². The van der Waals surface area contributed by atoms with Gasteiger partial charge < -0.3 is 9.80 Å². The highest BCUT2D eigenvalue weighted by Crippen LogP contribution is 2.33. The first-order valence-corrected chi connectivity index (χ1v) is 11.5. The fraction of sp³-hybridized carbons (Fsp3) is 0.571. The number of hydrogen-bond donors (Lipinski definition) is 2. The van der Waals surface area contributed by atoms with Gasteiger partial charge in [-0.2, -0.15) is 0 Å². The second-order valence-electron chi connectivity index (χ2n) is 8.09. The van der Waals surface area contributed by atoms with Crippen LogP contribution in [0.1, 0.15) is 25.3 Å². The summed E-state index contributed by atoms with van der Waals surface area (Å²) in [6.45, 7) is 2.79. The fourth-order valence-corrected chi connectivity index (χ4v) is 5.77. The molecule has 1 aromatic rings. The average molecular weight is 432 g/mol. The predicted octanol–water partition coefficient (Wildman–Crippen LogP) is 1.42. The van der Waals surface area contributed by atoms with Crippen LogP contribution in [-0.4, -0.2) is 71.7 Å². The number of nitrogens with zero attached hydrogens (tertiary/aromatic N) is 3. The Hall–Kier alpha value is -2.10. The smallest absolute Gasteiger partial charge is 0.311 e. The van der Waals surface area contributed by atoms with Gasteiger partial charge >= 0.3 is 6.03 Å². The van der Waals surface area contributed by atoms with E-state index in [4.69, 9.17) is 0 Å². The summed E-state index contributed by atoms with van der Waals surface area (Å²) in [6, 6.07) is 7.70. The van der Waals surface area contributed by atoms with Crippen LogP contribution in [0.5, 0.6) is 0 Å². The Balaban J connectivity index is 1.49. The topological polar surface area (TPSA) is 85.0 Å². The van der Waals surface area contributed by atoms with E-state index < -0.39 is 5.92 Å². The summed E-state index contributed by atoms with van der Waals surface area (Å²) in [6.07, 6.45) is 2.33. The van der Waals surface area contributed by atoms with E-state index >= 15 is 0 Å². The van der Waals surface area contributed by atoms with Crippen molar-refractivity contribution in [3.05, 3.63) is 29.8 Å². The van der Waals surface area contributed by atoms with E-state index in [9.17, 15) is 14.4 Å². The van der Waals surface area contributed by atoms with Gasteiger partial charge in [-0.3, -0.25) is 25.1 Å². The van der Waals surface area contributed by atoms with E-state index in [1.807, 2.05) is 23.1 Å². The van der Waals surface area contributed by atoms with Gasteiger partial charge in [-0.25, -0.2) is 4.79 Å². The summed E-state index contributed by atoms with van der Waals surface area (Å²) in [5.74, 6) is -0.332. The van der Waals surface area contributed by atoms with Crippen molar-refractivity contribution < 1.29 is 14.4 Å². The Morgan fingerprint density at radius 2 is 1.97 bits per heavy atom. The Labute approximate surface area is 181 Å². The van der Waals surface area contributed by atoms with Gasteiger partial charge in [0.05, 0.1) is 29.4 Å². The number of urea groups is 1. The van der Waals surface area contributed by atoms with Gasteiger partial charge in [-0.1, -0.05) is 31.5 Å². The number of nitrogens with one attached hydrogen (secondary N) is 2. The maximum atomic E-state index is 13.0. The molecule has 8 nitrogen and oxygen atoms in total. The molecule has 0 aromatic heterocycles. The van der Waals surface area contributed by atoms with Crippen molar-refractivity contribution in [2.75, 3.05) is 31.3 Å². The van der Waals surface area contributed by atoms with Crippen LogP contribution in [0.2, 0.25) is 0 Å². The molecule has 9 heteroatoms. The summed E-state index contributed by atoms with van der Waals surface area (Å²) in [5, 5.41) is 6.66. The molecule has 4 amide bonds. The molecule has 0 radical (unpaired) electrons. The number of benzene rings is 1. The van der Waals surface area contributed by atoms with Gasteiger partial charge in [0.15, 0.2) is 0 Å². The van der Waals surface area contributed by atoms with Gasteiger partial charge in [0.2, 0.25) is 11.8 Å². The lowest BCUT2D eigenvalue weighted by Crippen LogP contribution is -2.74. The van der Waals surface area contributed by atoms with E-state index in [1.54, 1.807) is 11.9 Å². The molecule has 4 atom stereocenters. The van der Waals surface area contributed by atoms with E-state index in [1.165, 1.54) is 29.3 Å². The zero-order valence-electron chi connectivity index (χ0n) is 17.6. The lowest BCUT2D eigenvalue weighted by atomic mass is 9.96. The number of para-hydroxylation sites is 1. The molecule has 2 N–H and O–H groups in total. The molecule has 30 heavy (non-hydrogen) atoms. The summed E-state index contributed by atoms with van der Waals surface area (Å²) in [5.41, 5.74) is 2.19. The third kappa shape index (κ3) is 3.70. The number of thioether (sulfide) groups is 1. The first kappa shape index (κ1) is 21.1. The standard InChI is InChI=1S/C21H29N5O3S/c1-4-7-15-22-18-17(20(28)25(3)21(29)24(18)2)19(23-15)30-12-16(27)26-11-10-13-8-5-6-9-14(13)26/h5-6,8-9,15,17-19,22-23H,4,7,10-12H2,1-3H3. The quantitative estimate of drug-likeness (QED) is 0.734. The van der Waals surface area contributed by atoms with Crippen molar-refractivity contribution in [1.82, 2.24) is 20.4 Å². The van der Waals surface area contributed by atoms with Crippen molar-refractivity contribution >= 4 is 35.3 Å². The van der Waals surface area contributed by atoms with Crippen molar-refractivity contribution in [2.45, 2.75) is 43.9 Å². The van der Waals surface area contributed by atoms with Gasteiger partial charge in [-0.05, 0) is 24.5 Å². The molecule has 0 spiro atoms. The molecule has 162 valence electrons. The zero-order chi connectivity index (χ0) is 21.4. The second-order valence-corrected chi connectivity index (χ2v) is 9.22. The molecule has 3 heterocycles. The number of carbonyl (C=O) groups is 3. The molecular weight excluding hydrogens is 402 g/mol. The van der Waals surface area contributed by atoms with Crippen LogP contribution in [0, 0.1) is 5.92 Å². The maximum Gasteiger partial charge on any atom is 0.327 e. The van der Waals surface area contributed by atoms with E-state index in [-0.39, 0.29) is 41.3 Å². The van der Waals surface area contributed by atoms with Gasteiger partial charge in [0, 0.05) is 26.3 Å². The summed E-state index contributed by atoms with van der Waals surface area (Å²) in [7, 11) is 3.24. The highest BCUT2D eigenvalue weighted by atomic mass is 32.2. The molecule has 3 aliphatic rings. The zero-order valence-corrected chi connectivity index (χ0v) is 18.4. The van der Waals surface area contributed by atoms with Crippen LogP contribution in [-0.2, 0) is 16.0 Å². The Morgan fingerprint density at radius 3 is 2.73 bits per heavy atom. The molecule has 3 aliphatic heterocycles. The van der Waals surface area contributed by atoms with E-state index in [2.05, 4.69) is 23.6 Å². The van der Waals surface area contributed by atoms with E-state index in [0.29, 0.717) is 6.54 Å². The minimum absolute atomic E-state index is 0.0113. The molecule has 0 bridgehead atoms. The normalized spacial score (nSPS) is 28.6. The van der Waals surface area contributed by atoms with Crippen LogP contribution in [0.25, 0.3) is 0 Å². The second kappa shape index (κ2) is 8.56. The third-order valence-electron chi connectivity index (χ3n) is 6.18. The largest absolute Gasteiger partial charge is 0.327 e. The SMILES string of the molecule is CCCC1NC(SCC(=O)N2CCc3ccccc32)C2C(=O)N(C)C(=O)N(C)C2N1.